The van der Waals surface area contributed by atoms with Crippen molar-refractivity contribution >= 4 is 22.0 Å². The molecule has 2 aliphatic heterocycles. The maximum absolute atomic E-state index is 12.1. The molecule has 0 aromatic carbocycles. The van der Waals surface area contributed by atoms with Gasteiger partial charge in [-0.3, -0.25) is 10.0 Å². The summed E-state index contributed by atoms with van der Waals surface area (Å²) in [5, 5.41) is 17.4. The fraction of sp³-hybridized carbons (Fsp3) is 0.600. The summed E-state index contributed by atoms with van der Waals surface area (Å²) < 4.78 is 21.6. The van der Waals surface area contributed by atoms with E-state index in [0.29, 0.717) is 10.6 Å². The minimum atomic E-state index is -3.65. The lowest BCUT2D eigenvalue weighted by atomic mass is 10.00. The van der Waals surface area contributed by atoms with Crippen LogP contribution in [0.4, 0.5) is 4.79 Å². The van der Waals surface area contributed by atoms with Gasteiger partial charge < -0.3 is 10.2 Å². The standard InChI is InChI=1S/C10H16N4O5S/c1-6-4-7-5-13(10(16)14(7)17)8(6)9(15)12-2-3-20(11,18)19/h4,7-8,17H,2-3,5H2,1H3,(H,12,15)(H2,11,18,19)/t7-,8+/m1/s1. The molecular weight excluding hydrogens is 288 g/mol. The molecule has 1 fully saturated rings. The normalized spacial score (nSPS) is 25.8. The Hall–Kier alpha value is -1.65. The zero-order valence-electron chi connectivity index (χ0n) is 10.8. The summed E-state index contributed by atoms with van der Waals surface area (Å²) in [5.41, 5.74) is 0.624. The molecule has 0 radical (unpaired) electrons. The van der Waals surface area contributed by atoms with Gasteiger partial charge >= 0.3 is 6.03 Å². The zero-order chi connectivity index (χ0) is 15.1. The number of nitrogens with one attached hydrogen (secondary N) is 1. The summed E-state index contributed by atoms with van der Waals surface area (Å²) in [7, 11) is -3.65. The van der Waals surface area contributed by atoms with Gasteiger partial charge in [0.2, 0.25) is 15.9 Å². The van der Waals surface area contributed by atoms with Gasteiger partial charge in [0, 0.05) is 6.54 Å². The molecule has 0 spiro atoms. The first kappa shape index (κ1) is 14.8. The van der Waals surface area contributed by atoms with Crippen LogP contribution in [0.5, 0.6) is 0 Å². The molecule has 0 unspecified atom stereocenters. The molecule has 3 amide bonds. The van der Waals surface area contributed by atoms with Crippen molar-refractivity contribution in [2.24, 2.45) is 5.14 Å². The van der Waals surface area contributed by atoms with Crippen LogP contribution in [-0.2, 0) is 14.8 Å². The van der Waals surface area contributed by atoms with Crippen LogP contribution < -0.4 is 10.5 Å². The second-order valence-electron chi connectivity index (χ2n) is 4.82. The van der Waals surface area contributed by atoms with E-state index < -0.39 is 34.0 Å². The summed E-state index contributed by atoms with van der Waals surface area (Å²) >= 11 is 0. The lowest BCUT2D eigenvalue weighted by molar-refractivity contribution is -0.124. The zero-order valence-corrected chi connectivity index (χ0v) is 11.6. The molecule has 0 aromatic rings. The van der Waals surface area contributed by atoms with E-state index in [1.165, 1.54) is 4.90 Å². The van der Waals surface area contributed by atoms with Crippen LogP contribution in [0.15, 0.2) is 11.6 Å². The van der Waals surface area contributed by atoms with E-state index in [2.05, 4.69) is 5.32 Å². The molecule has 0 aliphatic carbocycles. The summed E-state index contributed by atoms with van der Waals surface area (Å²) in [6.07, 6.45) is 1.64. The first-order valence-electron chi connectivity index (χ1n) is 5.96. The van der Waals surface area contributed by atoms with Crippen molar-refractivity contribution < 1.29 is 23.2 Å². The summed E-state index contributed by atoms with van der Waals surface area (Å²) in [4.78, 5) is 25.0. The van der Waals surface area contributed by atoms with Crippen LogP contribution in [0.2, 0.25) is 0 Å². The molecule has 1 saturated heterocycles. The average molecular weight is 304 g/mol. The second kappa shape index (κ2) is 5.04. The molecule has 2 bridgehead atoms. The van der Waals surface area contributed by atoms with Crippen LogP contribution in [0.3, 0.4) is 0 Å². The Bertz CT molecular complexity index is 572. The highest BCUT2D eigenvalue weighted by Gasteiger charge is 2.46. The predicted octanol–water partition coefficient (Wildman–Crippen LogP) is -1.78. The minimum Gasteiger partial charge on any atom is -0.353 e. The van der Waals surface area contributed by atoms with Crippen molar-refractivity contribution in [3.05, 3.63) is 11.6 Å². The molecule has 2 aliphatic rings. The number of urea groups is 1. The van der Waals surface area contributed by atoms with Gasteiger partial charge in [0.15, 0.2) is 0 Å². The van der Waals surface area contributed by atoms with E-state index in [9.17, 15) is 23.2 Å². The highest BCUT2D eigenvalue weighted by molar-refractivity contribution is 7.89. The van der Waals surface area contributed by atoms with Crippen LogP contribution >= 0.6 is 0 Å². The minimum absolute atomic E-state index is 0.129. The third kappa shape index (κ3) is 2.76. The number of rotatable bonds is 4. The molecule has 10 heteroatoms. The topological polar surface area (TPSA) is 133 Å². The first-order valence-corrected chi connectivity index (χ1v) is 7.67. The number of sulfonamides is 1. The van der Waals surface area contributed by atoms with Gasteiger partial charge in [-0.15, -0.1) is 0 Å². The number of nitrogens with zero attached hydrogens (tertiary/aromatic N) is 2. The lowest BCUT2D eigenvalue weighted by Gasteiger charge is -2.29. The van der Waals surface area contributed by atoms with Gasteiger partial charge in [0.05, 0.1) is 18.3 Å². The van der Waals surface area contributed by atoms with Gasteiger partial charge in [0.25, 0.3) is 0 Å². The van der Waals surface area contributed by atoms with Crippen molar-refractivity contribution in [1.82, 2.24) is 15.3 Å². The van der Waals surface area contributed by atoms with E-state index in [1.807, 2.05) is 0 Å². The van der Waals surface area contributed by atoms with Crippen LogP contribution in [0, 0.1) is 0 Å². The average Bonchev–Trinajstić information content (AvgIpc) is 2.53. The molecule has 2 heterocycles. The van der Waals surface area contributed by atoms with Crippen LogP contribution in [0.1, 0.15) is 6.92 Å². The van der Waals surface area contributed by atoms with E-state index in [0.717, 1.165) is 0 Å². The van der Waals surface area contributed by atoms with Crippen molar-refractivity contribution in [3.63, 3.8) is 0 Å². The summed E-state index contributed by atoms with van der Waals surface area (Å²) in [6.45, 7) is 1.77. The monoisotopic (exact) mass is 304 g/mol. The van der Waals surface area contributed by atoms with Crippen molar-refractivity contribution in [1.29, 1.82) is 0 Å². The van der Waals surface area contributed by atoms with E-state index in [1.54, 1.807) is 13.0 Å². The third-order valence-electron chi connectivity index (χ3n) is 3.27. The maximum atomic E-state index is 12.1. The molecule has 0 saturated carbocycles. The van der Waals surface area contributed by atoms with E-state index in [4.69, 9.17) is 5.14 Å². The molecule has 0 aromatic heterocycles. The van der Waals surface area contributed by atoms with Crippen LogP contribution in [0.25, 0.3) is 0 Å². The number of nitrogens with two attached hydrogens (primary N) is 1. The lowest BCUT2D eigenvalue weighted by Crippen LogP contribution is -2.50. The Morgan fingerprint density at radius 2 is 2.25 bits per heavy atom. The largest absolute Gasteiger partial charge is 0.353 e. The first-order chi connectivity index (χ1) is 9.20. The maximum Gasteiger partial charge on any atom is 0.345 e. The number of hydrogen-bond donors (Lipinski definition) is 3. The van der Waals surface area contributed by atoms with Gasteiger partial charge in [-0.25, -0.2) is 18.4 Å². The van der Waals surface area contributed by atoms with Crippen molar-refractivity contribution in [2.75, 3.05) is 18.8 Å². The Balaban J connectivity index is 2.05. The molecule has 2 atom stereocenters. The van der Waals surface area contributed by atoms with Gasteiger partial charge in [-0.1, -0.05) is 6.08 Å². The molecule has 9 nitrogen and oxygen atoms in total. The fourth-order valence-corrected chi connectivity index (χ4v) is 2.76. The van der Waals surface area contributed by atoms with Crippen LogP contribution in [-0.4, -0.2) is 66.5 Å². The molecule has 4 N–H and O–H groups in total. The fourth-order valence-electron chi connectivity index (χ4n) is 2.37. The number of primary sulfonamides is 1. The van der Waals surface area contributed by atoms with Gasteiger partial charge in [0.1, 0.15) is 6.04 Å². The second-order valence-corrected chi connectivity index (χ2v) is 6.55. The highest BCUT2D eigenvalue weighted by Crippen LogP contribution is 2.27. The van der Waals surface area contributed by atoms with Crippen molar-refractivity contribution in [3.8, 4) is 0 Å². The Labute approximate surface area is 116 Å². The Morgan fingerprint density at radius 3 is 2.85 bits per heavy atom. The van der Waals surface area contributed by atoms with E-state index >= 15 is 0 Å². The summed E-state index contributed by atoms with van der Waals surface area (Å²) in [6, 6.07) is -1.93. The predicted molar refractivity (Wildman–Crippen MR) is 68.0 cm³/mol. The molecular formula is C10H16N4O5S. The molecule has 112 valence electrons. The molecule has 20 heavy (non-hydrogen) atoms. The number of carbonyl (C=O) groups is 2. The SMILES string of the molecule is CC1=C[C@@H]2CN(C(=O)N2O)[C@@H]1C(=O)NCCS(N)(=O)=O. The number of amides is 3. The third-order valence-corrected chi connectivity index (χ3v) is 4.05. The summed E-state index contributed by atoms with van der Waals surface area (Å²) in [5.74, 6) is -0.874. The molecule has 2 rings (SSSR count). The van der Waals surface area contributed by atoms with Crippen molar-refractivity contribution in [2.45, 2.75) is 19.0 Å². The van der Waals surface area contributed by atoms with Gasteiger partial charge in [-0.05, 0) is 12.5 Å². The number of carbonyl (C=O) groups excluding carboxylic acids is 2. The number of hydrogen-bond acceptors (Lipinski definition) is 5. The number of fused-ring (bicyclic) bond motifs is 2. The van der Waals surface area contributed by atoms with Gasteiger partial charge in [-0.2, -0.15) is 5.06 Å². The Kier molecular flexibility index (Phi) is 3.71. The highest BCUT2D eigenvalue weighted by atomic mass is 32.2. The quantitative estimate of drug-likeness (QED) is 0.417. The Morgan fingerprint density at radius 1 is 1.60 bits per heavy atom. The smallest absolute Gasteiger partial charge is 0.345 e. The number of hydroxylamine groups is 2. The van der Waals surface area contributed by atoms with E-state index in [-0.39, 0.29) is 18.8 Å².